The predicted molar refractivity (Wildman–Crippen MR) is 81.1 cm³/mol. The largest absolute Gasteiger partial charge is 0.539 e. The molecule has 0 bridgehead atoms. The normalized spacial score (nSPS) is 15.8. The van der Waals surface area contributed by atoms with E-state index in [9.17, 15) is 9.90 Å². The first-order valence-electron chi connectivity index (χ1n) is 7.55. The molecule has 1 aliphatic rings. The standard InChI is InChI=1S/C16H18N2O3S/c19-14(11-22-13-9-5-2-6-10-13)15-16(20)21-17-18(15)12-7-3-1-4-8-12/h1,3-4,7-8,13H,2,5-6,9-11H2. The zero-order chi connectivity index (χ0) is 15.4. The Labute approximate surface area is 133 Å². The summed E-state index contributed by atoms with van der Waals surface area (Å²) in [7, 11) is 0. The van der Waals surface area contributed by atoms with Crippen molar-refractivity contribution in [2.75, 3.05) is 5.75 Å². The van der Waals surface area contributed by atoms with Crippen molar-refractivity contribution >= 4 is 17.5 Å². The van der Waals surface area contributed by atoms with Gasteiger partial charge < -0.3 is 9.63 Å². The Morgan fingerprint density at radius 1 is 1.27 bits per heavy atom. The molecular formula is C16H18N2O3S. The fourth-order valence-corrected chi connectivity index (χ4v) is 3.91. The maximum absolute atomic E-state index is 12.4. The Balaban J connectivity index is 1.73. The van der Waals surface area contributed by atoms with Gasteiger partial charge in [-0.2, -0.15) is 11.8 Å². The smallest absolute Gasteiger partial charge is 0.307 e. The number of thioether (sulfide) groups is 1. The summed E-state index contributed by atoms with van der Waals surface area (Å²) in [6.07, 6.45) is 6.07. The highest BCUT2D eigenvalue weighted by Gasteiger charge is 2.28. The second-order valence-electron chi connectivity index (χ2n) is 5.45. The van der Waals surface area contributed by atoms with E-state index in [1.54, 1.807) is 23.9 Å². The quantitative estimate of drug-likeness (QED) is 0.625. The molecule has 0 amide bonds. The fraction of sp³-hybridized carbons (Fsp3) is 0.438. The molecule has 0 atom stereocenters. The first-order valence-corrected chi connectivity index (χ1v) is 8.60. The van der Waals surface area contributed by atoms with Gasteiger partial charge >= 0.3 is 5.69 Å². The molecule has 116 valence electrons. The molecule has 6 heteroatoms. The molecule has 1 aliphatic carbocycles. The molecular weight excluding hydrogens is 300 g/mol. The minimum absolute atomic E-state index is 0.00881. The summed E-state index contributed by atoms with van der Waals surface area (Å²) in [5.74, 6) is -0.586. The van der Waals surface area contributed by atoms with Crippen molar-refractivity contribution < 1.29 is 19.1 Å². The Kier molecular flexibility index (Phi) is 4.77. The Morgan fingerprint density at radius 3 is 2.73 bits per heavy atom. The van der Waals surface area contributed by atoms with Gasteiger partial charge in [-0.1, -0.05) is 37.5 Å². The lowest BCUT2D eigenvalue weighted by Gasteiger charge is -2.20. The predicted octanol–water partition coefficient (Wildman–Crippen LogP) is 2.27. The number of hydrogen-bond donors (Lipinski definition) is 0. The minimum Gasteiger partial charge on any atom is -0.539 e. The number of carbonyl (C=O) groups is 1. The monoisotopic (exact) mass is 318 g/mol. The van der Waals surface area contributed by atoms with Gasteiger partial charge in [0.1, 0.15) is 0 Å². The Hall–Kier alpha value is -1.82. The van der Waals surface area contributed by atoms with Gasteiger partial charge in [0.25, 0.3) is 0 Å². The SMILES string of the molecule is O=C(CSC1CCCCC1)c1c([O-])on[n+]1-c1ccccc1. The molecule has 1 aromatic heterocycles. The number of nitrogens with zero attached hydrogens (tertiary/aromatic N) is 2. The van der Waals surface area contributed by atoms with E-state index in [0.29, 0.717) is 16.7 Å². The van der Waals surface area contributed by atoms with Crippen molar-refractivity contribution in [3.8, 4) is 11.6 Å². The highest BCUT2D eigenvalue weighted by atomic mass is 32.2. The summed E-state index contributed by atoms with van der Waals surface area (Å²) in [6, 6.07) is 9.09. The fourth-order valence-electron chi connectivity index (χ4n) is 2.72. The number of hydrogen-bond acceptors (Lipinski definition) is 5. The second kappa shape index (κ2) is 6.96. The molecule has 3 rings (SSSR count). The van der Waals surface area contributed by atoms with Crippen molar-refractivity contribution in [3.63, 3.8) is 0 Å². The average Bonchev–Trinajstić information content (AvgIpc) is 2.96. The van der Waals surface area contributed by atoms with E-state index in [0.717, 1.165) is 12.8 Å². The molecule has 0 spiro atoms. The molecule has 1 fully saturated rings. The van der Waals surface area contributed by atoms with Gasteiger partial charge in [-0.05, 0) is 17.5 Å². The first kappa shape index (κ1) is 15.1. The number of rotatable bonds is 5. The summed E-state index contributed by atoms with van der Waals surface area (Å²) in [4.78, 5) is 12.4. The molecule has 0 saturated heterocycles. The summed E-state index contributed by atoms with van der Waals surface area (Å²) in [6.45, 7) is 0. The summed E-state index contributed by atoms with van der Waals surface area (Å²) < 4.78 is 5.99. The van der Waals surface area contributed by atoms with Crippen LogP contribution in [-0.4, -0.2) is 22.1 Å². The third kappa shape index (κ3) is 3.32. The van der Waals surface area contributed by atoms with Gasteiger partial charge in [-0.15, -0.1) is 0 Å². The maximum atomic E-state index is 12.4. The number of ketones is 1. The summed E-state index contributed by atoms with van der Waals surface area (Å²) in [5, 5.41) is 16.1. The van der Waals surface area contributed by atoms with E-state index >= 15 is 0 Å². The molecule has 22 heavy (non-hydrogen) atoms. The number of benzene rings is 1. The lowest BCUT2D eigenvalue weighted by Crippen LogP contribution is -2.39. The highest BCUT2D eigenvalue weighted by molar-refractivity contribution is 8.00. The van der Waals surface area contributed by atoms with Gasteiger partial charge in [-0.25, -0.2) is 0 Å². The van der Waals surface area contributed by atoms with Crippen LogP contribution in [0.2, 0.25) is 0 Å². The molecule has 2 aromatic rings. The second-order valence-corrected chi connectivity index (χ2v) is 6.74. The van der Waals surface area contributed by atoms with Crippen molar-refractivity contribution in [1.82, 2.24) is 5.27 Å². The van der Waals surface area contributed by atoms with Crippen molar-refractivity contribution in [2.24, 2.45) is 0 Å². The van der Waals surface area contributed by atoms with Gasteiger partial charge in [0.2, 0.25) is 11.5 Å². The van der Waals surface area contributed by atoms with E-state index in [4.69, 9.17) is 4.52 Å². The Bertz CT molecular complexity index is 636. The van der Waals surface area contributed by atoms with Crippen LogP contribution in [0.25, 0.3) is 5.69 Å². The minimum atomic E-state index is -0.668. The molecule has 0 radical (unpaired) electrons. The van der Waals surface area contributed by atoms with Crippen LogP contribution in [0.3, 0.4) is 0 Å². The molecule has 1 heterocycles. The lowest BCUT2D eigenvalue weighted by molar-refractivity contribution is -0.672. The van der Waals surface area contributed by atoms with E-state index < -0.39 is 5.95 Å². The molecule has 0 N–H and O–H groups in total. The van der Waals surface area contributed by atoms with Crippen molar-refractivity contribution in [2.45, 2.75) is 37.4 Å². The molecule has 5 nitrogen and oxygen atoms in total. The molecule has 1 aromatic carbocycles. The van der Waals surface area contributed by atoms with Crippen molar-refractivity contribution in [1.29, 1.82) is 0 Å². The van der Waals surface area contributed by atoms with E-state index in [2.05, 4.69) is 5.27 Å². The topological polar surface area (TPSA) is 70.0 Å². The molecule has 0 aliphatic heterocycles. The van der Waals surface area contributed by atoms with Crippen LogP contribution in [0, 0.1) is 0 Å². The first-order chi connectivity index (χ1) is 10.8. The van der Waals surface area contributed by atoms with Crippen LogP contribution < -0.4 is 9.79 Å². The molecule has 1 saturated carbocycles. The zero-order valence-electron chi connectivity index (χ0n) is 12.2. The number of carbonyl (C=O) groups excluding carboxylic acids is 1. The maximum Gasteiger partial charge on any atom is 0.307 e. The van der Waals surface area contributed by atoms with E-state index in [1.165, 1.54) is 23.9 Å². The summed E-state index contributed by atoms with van der Waals surface area (Å²) >= 11 is 1.65. The number of Topliss-reactive ketones (excluding diaryl/α,β-unsaturated/α-hetero) is 1. The number of aromatic nitrogens is 2. The van der Waals surface area contributed by atoms with Crippen LogP contribution in [-0.2, 0) is 0 Å². The van der Waals surface area contributed by atoms with Crippen LogP contribution >= 0.6 is 11.8 Å². The highest BCUT2D eigenvalue weighted by Crippen LogP contribution is 2.28. The lowest BCUT2D eigenvalue weighted by atomic mass is 10.0. The summed E-state index contributed by atoms with van der Waals surface area (Å²) in [5.41, 5.74) is 0.661. The van der Waals surface area contributed by atoms with Gasteiger partial charge in [0.15, 0.2) is 5.95 Å². The van der Waals surface area contributed by atoms with Crippen LogP contribution in [0.4, 0.5) is 0 Å². The van der Waals surface area contributed by atoms with Crippen LogP contribution in [0.1, 0.15) is 42.6 Å². The Morgan fingerprint density at radius 2 is 2.00 bits per heavy atom. The van der Waals surface area contributed by atoms with Crippen LogP contribution in [0.5, 0.6) is 5.95 Å². The van der Waals surface area contributed by atoms with Crippen LogP contribution in [0.15, 0.2) is 34.9 Å². The van der Waals surface area contributed by atoms with Gasteiger partial charge in [-0.3, -0.25) is 4.79 Å². The number of para-hydroxylation sites is 1. The van der Waals surface area contributed by atoms with E-state index in [-0.39, 0.29) is 11.5 Å². The third-order valence-electron chi connectivity index (χ3n) is 3.88. The van der Waals surface area contributed by atoms with Gasteiger partial charge in [0, 0.05) is 17.4 Å². The van der Waals surface area contributed by atoms with Crippen molar-refractivity contribution in [3.05, 3.63) is 36.0 Å². The molecule has 0 unspecified atom stereocenters. The van der Waals surface area contributed by atoms with Gasteiger partial charge in [0.05, 0.1) is 11.0 Å². The average molecular weight is 318 g/mol. The zero-order valence-corrected chi connectivity index (χ0v) is 13.1. The third-order valence-corrected chi connectivity index (χ3v) is 5.25. The van der Waals surface area contributed by atoms with E-state index in [1.807, 2.05) is 18.2 Å².